The second kappa shape index (κ2) is 6.07. The Hall–Kier alpha value is -3.54. The number of aryl methyl sites for hydroxylation is 2. The molecule has 6 nitrogen and oxygen atoms in total. The van der Waals surface area contributed by atoms with Crippen LogP contribution >= 0.6 is 0 Å². The first-order valence-electron chi connectivity index (χ1n) is 8.55. The average Bonchev–Trinajstić information content (AvgIpc) is 3.31. The molecular formula is C20H16N6. The van der Waals surface area contributed by atoms with E-state index in [-0.39, 0.29) is 0 Å². The highest BCUT2D eigenvalue weighted by Gasteiger charge is 2.12. The first-order chi connectivity index (χ1) is 12.9. The standard InChI is InChI=1S/C20H16N6/c1-3-7-15(8-4-1)11-12-25-13-17-19(23-25)21-14-26-20(17)22-18(24-26)16-9-5-2-6-10-16/h1-10,13-14H,11-12H2. The first kappa shape index (κ1) is 14.8. The second-order valence-corrected chi connectivity index (χ2v) is 6.18. The molecule has 3 aromatic heterocycles. The number of hydrogen-bond acceptors (Lipinski definition) is 4. The van der Waals surface area contributed by atoms with Crippen molar-refractivity contribution in [2.75, 3.05) is 0 Å². The van der Waals surface area contributed by atoms with E-state index < -0.39 is 0 Å². The number of rotatable bonds is 4. The molecule has 0 saturated carbocycles. The van der Waals surface area contributed by atoms with Crippen LogP contribution in [0.25, 0.3) is 28.1 Å². The third-order valence-electron chi connectivity index (χ3n) is 4.41. The van der Waals surface area contributed by atoms with Gasteiger partial charge in [0, 0.05) is 18.3 Å². The van der Waals surface area contributed by atoms with Gasteiger partial charge in [0.1, 0.15) is 6.33 Å². The smallest absolute Gasteiger partial charge is 0.186 e. The highest BCUT2D eigenvalue weighted by molar-refractivity contribution is 5.88. The average molecular weight is 340 g/mol. The summed E-state index contributed by atoms with van der Waals surface area (Å²) in [4.78, 5) is 9.12. The fourth-order valence-electron chi connectivity index (χ4n) is 3.07. The van der Waals surface area contributed by atoms with Gasteiger partial charge in [0.2, 0.25) is 0 Å². The molecule has 2 aromatic carbocycles. The molecule has 0 spiro atoms. The van der Waals surface area contributed by atoms with E-state index in [0.29, 0.717) is 11.5 Å². The predicted octanol–water partition coefficient (Wildman–Crippen LogP) is 3.38. The van der Waals surface area contributed by atoms with Crippen LogP contribution in [0, 0.1) is 0 Å². The van der Waals surface area contributed by atoms with Gasteiger partial charge in [-0.15, -0.1) is 5.10 Å². The van der Waals surface area contributed by atoms with Crippen LogP contribution < -0.4 is 0 Å². The van der Waals surface area contributed by atoms with Gasteiger partial charge in [0.25, 0.3) is 0 Å². The van der Waals surface area contributed by atoms with E-state index in [2.05, 4.69) is 39.4 Å². The molecule has 0 atom stereocenters. The van der Waals surface area contributed by atoms with Crippen LogP contribution in [0.15, 0.2) is 73.2 Å². The van der Waals surface area contributed by atoms with Crippen LogP contribution in [0.4, 0.5) is 0 Å². The molecular weight excluding hydrogens is 324 g/mol. The van der Waals surface area contributed by atoms with Gasteiger partial charge in [0.15, 0.2) is 17.1 Å². The molecule has 5 aromatic rings. The lowest BCUT2D eigenvalue weighted by molar-refractivity contribution is 0.619. The van der Waals surface area contributed by atoms with Gasteiger partial charge >= 0.3 is 0 Å². The molecule has 3 heterocycles. The van der Waals surface area contributed by atoms with Crippen molar-refractivity contribution in [2.24, 2.45) is 0 Å². The Balaban J connectivity index is 1.51. The Morgan fingerprint density at radius 2 is 1.62 bits per heavy atom. The quantitative estimate of drug-likeness (QED) is 0.503. The summed E-state index contributed by atoms with van der Waals surface area (Å²) in [5, 5.41) is 10.0. The lowest BCUT2D eigenvalue weighted by Crippen LogP contribution is -2.01. The summed E-state index contributed by atoms with van der Waals surface area (Å²) in [6.45, 7) is 0.798. The van der Waals surface area contributed by atoms with E-state index in [1.165, 1.54) is 5.56 Å². The summed E-state index contributed by atoms with van der Waals surface area (Å²) < 4.78 is 3.65. The molecule has 0 aliphatic heterocycles. The summed E-state index contributed by atoms with van der Waals surface area (Å²) in [6.07, 6.45) is 4.60. The monoisotopic (exact) mass is 340 g/mol. The molecule has 0 bridgehead atoms. The summed E-state index contributed by atoms with van der Waals surface area (Å²) in [5.74, 6) is 0.692. The maximum absolute atomic E-state index is 4.70. The van der Waals surface area contributed by atoms with Crippen LogP contribution in [0.1, 0.15) is 5.56 Å². The SMILES string of the molecule is c1ccc(CCn2cc3c(ncn4nc(-c5ccccc5)nc34)n2)cc1. The molecule has 0 aliphatic rings. The van der Waals surface area contributed by atoms with Crippen molar-refractivity contribution < 1.29 is 0 Å². The van der Waals surface area contributed by atoms with Crippen LogP contribution in [-0.4, -0.2) is 29.4 Å². The second-order valence-electron chi connectivity index (χ2n) is 6.18. The zero-order valence-electron chi connectivity index (χ0n) is 14.0. The number of nitrogens with zero attached hydrogens (tertiary/aromatic N) is 6. The normalized spacial score (nSPS) is 11.4. The van der Waals surface area contributed by atoms with E-state index in [1.807, 2.05) is 47.3 Å². The van der Waals surface area contributed by atoms with Gasteiger partial charge in [-0.3, -0.25) is 4.68 Å². The van der Waals surface area contributed by atoms with E-state index in [0.717, 1.165) is 29.6 Å². The Labute approximate surface area is 149 Å². The van der Waals surface area contributed by atoms with E-state index in [9.17, 15) is 0 Å². The molecule has 0 radical (unpaired) electrons. The molecule has 0 amide bonds. The number of benzene rings is 2. The topological polar surface area (TPSA) is 60.9 Å². The molecule has 6 heteroatoms. The molecule has 0 aliphatic carbocycles. The summed E-state index contributed by atoms with van der Waals surface area (Å²) >= 11 is 0. The third-order valence-corrected chi connectivity index (χ3v) is 4.41. The molecule has 26 heavy (non-hydrogen) atoms. The molecule has 126 valence electrons. The Morgan fingerprint density at radius 3 is 2.42 bits per heavy atom. The Bertz CT molecular complexity index is 1170. The van der Waals surface area contributed by atoms with Gasteiger partial charge < -0.3 is 0 Å². The summed E-state index contributed by atoms with van der Waals surface area (Å²) in [7, 11) is 0. The van der Waals surface area contributed by atoms with Gasteiger partial charge in [0.05, 0.1) is 5.39 Å². The Kier molecular flexibility index (Phi) is 3.45. The maximum atomic E-state index is 4.70. The number of hydrogen-bond donors (Lipinski definition) is 0. The highest BCUT2D eigenvalue weighted by Crippen LogP contribution is 2.20. The first-order valence-corrected chi connectivity index (χ1v) is 8.55. The van der Waals surface area contributed by atoms with Crippen molar-refractivity contribution in [3.05, 3.63) is 78.8 Å². The molecule has 0 saturated heterocycles. The lowest BCUT2D eigenvalue weighted by Gasteiger charge is -2.00. The van der Waals surface area contributed by atoms with Crippen molar-refractivity contribution in [1.29, 1.82) is 0 Å². The Morgan fingerprint density at radius 1 is 0.846 bits per heavy atom. The maximum Gasteiger partial charge on any atom is 0.186 e. The zero-order chi connectivity index (χ0) is 17.3. The van der Waals surface area contributed by atoms with Gasteiger partial charge in [-0.1, -0.05) is 60.7 Å². The van der Waals surface area contributed by atoms with Crippen LogP contribution in [0.3, 0.4) is 0 Å². The van der Waals surface area contributed by atoms with E-state index >= 15 is 0 Å². The summed E-state index contributed by atoms with van der Waals surface area (Å²) in [6, 6.07) is 20.4. The van der Waals surface area contributed by atoms with Crippen molar-refractivity contribution in [3.63, 3.8) is 0 Å². The van der Waals surface area contributed by atoms with Crippen molar-refractivity contribution in [1.82, 2.24) is 29.4 Å². The van der Waals surface area contributed by atoms with Gasteiger partial charge in [-0.05, 0) is 12.0 Å². The van der Waals surface area contributed by atoms with Gasteiger partial charge in [-0.2, -0.15) is 5.10 Å². The van der Waals surface area contributed by atoms with E-state index in [4.69, 9.17) is 4.98 Å². The van der Waals surface area contributed by atoms with Crippen molar-refractivity contribution in [2.45, 2.75) is 13.0 Å². The summed E-state index contributed by atoms with van der Waals surface area (Å²) in [5.41, 5.74) is 3.75. The minimum absolute atomic E-state index is 0.692. The molecule has 0 N–H and O–H groups in total. The lowest BCUT2D eigenvalue weighted by atomic mass is 10.1. The predicted molar refractivity (Wildman–Crippen MR) is 99.7 cm³/mol. The van der Waals surface area contributed by atoms with Crippen LogP contribution in [0.2, 0.25) is 0 Å². The van der Waals surface area contributed by atoms with Crippen molar-refractivity contribution in [3.8, 4) is 11.4 Å². The highest BCUT2D eigenvalue weighted by atomic mass is 15.3. The van der Waals surface area contributed by atoms with Crippen LogP contribution in [-0.2, 0) is 13.0 Å². The fourth-order valence-corrected chi connectivity index (χ4v) is 3.07. The molecule has 0 fully saturated rings. The van der Waals surface area contributed by atoms with E-state index in [1.54, 1.807) is 10.8 Å². The number of fused-ring (bicyclic) bond motifs is 3. The molecule has 0 unspecified atom stereocenters. The van der Waals surface area contributed by atoms with Crippen molar-refractivity contribution >= 4 is 16.7 Å². The minimum Gasteiger partial charge on any atom is -0.269 e. The molecule has 5 rings (SSSR count). The zero-order valence-corrected chi connectivity index (χ0v) is 14.0. The largest absolute Gasteiger partial charge is 0.269 e. The number of aromatic nitrogens is 6. The van der Waals surface area contributed by atoms with Crippen LogP contribution in [0.5, 0.6) is 0 Å². The minimum atomic E-state index is 0.692. The fraction of sp³-hybridized carbons (Fsp3) is 0.100. The third kappa shape index (κ3) is 2.61. The van der Waals surface area contributed by atoms with Gasteiger partial charge in [-0.25, -0.2) is 14.5 Å².